The van der Waals surface area contributed by atoms with Crippen molar-refractivity contribution in [3.05, 3.63) is 22.4 Å². The van der Waals surface area contributed by atoms with Crippen molar-refractivity contribution in [3.63, 3.8) is 0 Å². The Morgan fingerprint density at radius 2 is 2.08 bits per heavy atom. The summed E-state index contributed by atoms with van der Waals surface area (Å²) in [4.78, 5) is 30.3. The number of hydrogen-bond donors (Lipinski definition) is 1. The Labute approximate surface area is 147 Å². The molecule has 2 amide bonds. The van der Waals surface area contributed by atoms with Crippen LogP contribution in [-0.4, -0.2) is 53.3 Å². The van der Waals surface area contributed by atoms with Gasteiger partial charge in [-0.05, 0) is 56.4 Å². The molecule has 2 N–H and O–H groups in total. The molecule has 3 rings (SSSR count). The molecule has 0 aromatic carbocycles. The van der Waals surface area contributed by atoms with Crippen LogP contribution in [-0.2, 0) is 4.79 Å². The highest BCUT2D eigenvalue weighted by atomic mass is 32.1. The zero-order valence-corrected chi connectivity index (χ0v) is 15.1. The van der Waals surface area contributed by atoms with Crippen molar-refractivity contribution >= 4 is 23.2 Å². The zero-order valence-electron chi connectivity index (χ0n) is 14.3. The third-order valence-corrected chi connectivity index (χ3v) is 6.15. The highest BCUT2D eigenvalue weighted by molar-refractivity contribution is 7.12. The second-order valence-corrected chi connectivity index (χ2v) is 7.98. The standard InChI is InChI=1S/C18H27N3O2S/c1-13(19)14-6-4-9-20(12-14)17(22)15-7-2-3-10-21(15)18(23)16-8-5-11-24-16/h5,8,11,13-15H,2-4,6-7,9-10,12,19H2,1H3. The van der Waals surface area contributed by atoms with Crippen molar-refractivity contribution < 1.29 is 9.59 Å². The summed E-state index contributed by atoms with van der Waals surface area (Å²) in [5.74, 6) is 0.487. The number of rotatable bonds is 3. The van der Waals surface area contributed by atoms with Crippen molar-refractivity contribution in [1.29, 1.82) is 0 Å². The summed E-state index contributed by atoms with van der Waals surface area (Å²) in [5, 5.41) is 1.91. The average molecular weight is 350 g/mol. The molecule has 0 aliphatic carbocycles. The first-order valence-corrected chi connectivity index (χ1v) is 9.84. The Kier molecular flexibility index (Phi) is 5.56. The van der Waals surface area contributed by atoms with Crippen LogP contribution < -0.4 is 5.73 Å². The van der Waals surface area contributed by atoms with Gasteiger partial charge in [0.1, 0.15) is 6.04 Å². The van der Waals surface area contributed by atoms with Crippen LogP contribution in [0.4, 0.5) is 0 Å². The number of likely N-dealkylation sites (tertiary alicyclic amines) is 2. The number of thiophene rings is 1. The minimum Gasteiger partial charge on any atom is -0.341 e. The maximum Gasteiger partial charge on any atom is 0.264 e. The molecule has 2 aliphatic heterocycles. The van der Waals surface area contributed by atoms with Crippen LogP contribution in [0.1, 0.15) is 48.7 Å². The van der Waals surface area contributed by atoms with Crippen LogP contribution >= 0.6 is 11.3 Å². The van der Waals surface area contributed by atoms with Crippen molar-refractivity contribution in [3.8, 4) is 0 Å². The quantitative estimate of drug-likeness (QED) is 0.911. The van der Waals surface area contributed by atoms with Crippen molar-refractivity contribution in [2.24, 2.45) is 11.7 Å². The van der Waals surface area contributed by atoms with Gasteiger partial charge in [0.15, 0.2) is 0 Å². The van der Waals surface area contributed by atoms with Crippen molar-refractivity contribution in [2.75, 3.05) is 19.6 Å². The van der Waals surface area contributed by atoms with Crippen molar-refractivity contribution in [2.45, 2.75) is 51.1 Å². The van der Waals surface area contributed by atoms with E-state index in [4.69, 9.17) is 5.73 Å². The third-order valence-electron chi connectivity index (χ3n) is 5.29. The zero-order chi connectivity index (χ0) is 17.1. The topological polar surface area (TPSA) is 66.6 Å². The van der Waals surface area contributed by atoms with Crippen LogP contribution in [0.15, 0.2) is 17.5 Å². The van der Waals surface area contributed by atoms with Gasteiger partial charge in [-0.15, -0.1) is 11.3 Å². The molecule has 24 heavy (non-hydrogen) atoms. The van der Waals surface area contributed by atoms with Gasteiger partial charge in [-0.2, -0.15) is 0 Å². The van der Waals surface area contributed by atoms with E-state index in [0.29, 0.717) is 12.5 Å². The van der Waals surface area contributed by atoms with Gasteiger partial charge in [0, 0.05) is 25.7 Å². The third kappa shape index (κ3) is 3.64. The average Bonchev–Trinajstić information content (AvgIpc) is 3.15. The summed E-state index contributed by atoms with van der Waals surface area (Å²) < 4.78 is 0. The lowest BCUT2D eigenvalue weighted by molar-refractivity contribution is -0.139. The van der Waals surface area contributed by atoms with E-state index >= 15 is 0 Å². The van der Waals surface area contributed by atoms with Gasteiger partial charge in [-0.25, -0.2) is 0 Å². The molecule has 3 unspecified atom stereocenters. The monoisotopic (exact) mass is 349 g/mol. The summed E-state index contributed by atoms with van der Waals surface area (Å²) in [5.41, 5.74) is 6.05. The van der Waals surface area contributed by atoms with Crippen LogP contribution in [0.2, 0.25) is 0 Å². The minimum atomic E-state index is -0.305. The summed E-state index contributed by atoms with van der Waals surface area (Å²) in [6, 6.07) is 3.53. The van der Waals surface area contributed by atoms with Crippen LogP contribution in [0.5, 0.6) is 0 Å². The lowest BCUT2D eigenvalue weighted by Crippen LogP contribution is -2.55. The largest absolute Gasteiger partial charge is 0.341 e. The normalized spacial score (nSPS) is 26.2. The summed E-state index contributed by atoms with van der Waals surface area (Å²) in [6.45, 7) is 4.22. The summed E-state index contributed by atoms with van der Waals surface area (Å²) in [7, 11) is 0. The van der Waals surface area contributed by atoms with Gasteiger partial charge in [0.2, 0.25) is 5.91 Å². The molecule has 0 radical (unpaired) electrons. The van der Waals surface area contributed by atoms with Gasteiger partial charge in [0.05, 0.1) is 4.88 Å². The van der Waals surface area contributed by atoms with E-state index in [-0.39, 0.29) is 23.9 Å². The lowest BCUT2D eigenvalue weighted by Gasteiger charge is -2.41. The van der Waals surface area contributed by atoms with Gasteiger partial charge in [-0.1, -0.05) is 6.07 Å². The Morgan fingerprint density at radius 3 is 2.79 bits per heavy atom. The van der Waals surface area contributed by atoms with E-state index in [1.54, 1.807) is 4.90 Å². The molecule has 3 heterocycles. The minimum absolute atomic E-state index is 0.00352. The molecule has 132 valence electrons. The molecule has 1 aromatic heterocycles. The second-order valence-electron chi connectivity index (χ2n) is 7.03. The molecule has 2 aliphatic rings. The second kappa shape index (κ2) is 7.66. The van der Waals surface area contributed by atoms with E-state index in [9.17, 15) is 9.59 Å². The molecular formula is C18H27N3O2S. The number of nitrogens with two attached hydrogens (primary N) is 1. The van der Waals surface area contributed by atoms with Crippen LogP contribution in [0.25, 0.3) is 0 Å². The van der Waals surface area contributed by atoms with E-state index in [1.165, 1.54) is 11.3 Å². The van der Waals surface area contributed by atoms with Gasteiger partial charge < -0.3 is 15.5 Å². The number of hydrogen-bond acceptors (Lipinski definition) is 4. The Bertz CT molecular complexity index is 573. The number of piperidine rings is 2. The first-order valence-electron chi connectivity index (χ1n) is 8.96. The highest BCUT2D eigenvalue weighted by Crippen LogP contribution is 2.26. The Balaban J connectivity index is 1.72. The first-order chi connectivity index (χ1) is 11.6. The number of nitrogens with zero attached hydrogens (tertiary/aromatic N) is 2. The number of carbonyl (C=O) groups excluding carboxylic acids is 2. The van der Waals surface area contributed by atoms with Gasteiger partial charge >= 0.3 is 0 Å². The molecule has 0 bridgehead atoms. The summed E-state index contributed by atoms with van der Waals surface area (Å²) in [6.07, 6.45) is 4.85. The van der Waals surface area contributed by atoms with Crippen LogP contribution in [0.3, 0.4) is 0 Å². The maximum absolute atomic E-state index is 13.1. The fraction of sp³-hybridized carbons (Fsp3) is 0.667. The fourth-order valence-electron chi connectivity index (χ4n) is 3.82. The fourth-order valence-corrected chi connectivity index (χ4v) is 4.50. The van der Waals surface area contributed by atoms with E-state index in [1.807, 2.05) is 29.3 Å². The Hall–Kier alpha value is -1.40. The predicted molar refractivity (Wildman–Crippen MR) is 95.9 cm³/mol. The van der Waals surface area contributed by atoms with Gasteiger partial charge in [0.25, 0.3) is 5.91 Å². The smallest absolute Gasteiger partial charge is 0.264 e. The molecule has 2 saturated heterocycles. The number of amides is 2. The van der Waals surface area contributed by atoms with Gasteiger partial charge in [-0.3, -0.25) is 9.59 Å². The number of carbonyl (C=O) groups is 2. The van der Waals surface area contributed by atoms with Crippen molar-refractivity contribution in [1.82, 2.24) is 9.80 Å². The summed E-state index contributed by atoms with van der Waals surface area (Å²) >= 11 is 1.45. The molecule has 3 atom stereocenters. The molecule has 5 nitrogen and oxygen atoms in total. The molecular weight excluding hydrogens is 322 g/mol. The Morgan fingerprint density at radius 1 is 1.25 bits per heavy atom. The SMILES string of the molecule is CC(N)C1CCCN(C(=O)C2CCCCN2C(=O)c2cccs2)C1. The molecule has 6 heteroatoms. The maximum atomic E-state index is 13.1. The van der Waals surface area contributed by atoms with E-state index in [0.717, 1.165) is 50.1 Å². The van der Waals surface area contributed by atoms with E-state index in [2.05, 4.69) is 0 Å². The lowest BCUT2D eigenvalue weighted by atomic mass is 9.91. The molecule has 1 aromatic rings. The first kappa shape index (κ1) is 17.4. The van der Waals surface area contributed by atoms with Crippen LogP contribution in [0, 0.1) is 5.92 Å². The highest BCUT2D eigenvalue weighted by Gasteiger charge is 2.37. The molecule has 0 saturated carbocycles. The van der Waals surface area contributed by atoms with E-state index < -0.39 is 0 Å². The molecule has 0 spiro atoms. The molecule has 2 fully saturated rings. The predicted octanol–water partition coefficient (Wildman–Crippen LogP) is 2.33.